The number of hydrogen-bond donors (Lipinski definition) is 2. The van der Waals surface area contributed by atoms with Crippen LogP contribution < -0.4 is 5.01 Å². The number of nitrogens with one attached hydrogen (secondary N) is 1. The molecule has 0 bridgehead atoms. The number of carbonyl (C=O) groups is 2. The van der Waals surface area contributed by atoms with E-state index in [1.54, 1.807) is 19.1 Å². The van der Waals surface area contributed by atoms with Crippen LogP contribution in [0.2, 0.25) is 0 Å². The molecule has 0 spiro atoms. The zero-order chi connectivity index (χ0) is 18.3. The van der Waals surface area contributed by atoms with Crippen LogP contribution in [0, 0.1) is 0 Å². The third kappa shape index (κ3) is 2.57. The van der Waals surface area contributed by atoms with Gasteiger partial charge in [-0.05, 0) is 43.3 Å². The van der Waals surface area contributed by atoms with E-state index in [0.29, 0.717) is 17.0 Å². The molecule has 1 aliphatic heterocycles. The number of para-hydroxylation sites is 1. The Morgan fingerprint density at radius 1 is 1.15 bits per heavy atom. The molecule has 1 amide bonds. The van der Waals surface area contributed by atoms with Crippen LogP contribution in [-0.4, -0.2) is 27.7 Å². The minimum Gasteiger partial charge on any atom is -0.478 e. The van der Waals surface area contributed by atoms with Crippen molar-refractivity contribution in [1.82, 2.24) is 4.98 Å². The average Bonchev–Trinajstić information content (AvgIpc) is 3.18. The summed E-state index contributed by atoms with van der Waals surface area (Å²) in [7, 11) is 0. The van der Waals surface area contributed by atoms with E-state index in [2.05, 4.69) is 10.1 Å². The van der Waals surface area contributed by atoms with Crippen molar-refractivity contribution in [2.75, 3.05) is 5.01 Å². The Balaban J connectivity index is 1.69. The number of carboxylic acid groups (broad SMARTS) is 1. The van der Waals surface area contributed by atoms with Crippen molar-refractivity contribution in [3.8, 4) is 0 Å². The molecule has 0 aliphatic carbocycles. The van der Waals surface area contributed by atoms with Gasteiger partial charge in [0.1, 0.15) is 0 Å². The van der Waals surface area contributed by atoms with Gasteiger partial charge in [0.25, 0.3) is 5.91 Å². The number of aromatic nitrogens is 1. The van der Waals surface area contributed by atoms with Gasteiger partial charge in [-0.1, -0.05) is 18.2 Å². The molecule has 1 aliphatic rings. The summed E-state index contributed by atoms with van der Waals surface area (Å²) in [4.78, 5) is 27.0. The van der Waals surface area contributed by atoms with Crippen molar-refractivity contribution in [2.24, 2.45) is 5.10 Å². The number of rotatable bonds is 3. The third-order valence-electron chi connectivity index (χ3n) is 4.34. The van der Waals surface area contributed by atoms with Gasteiger partial charge in [0.2, 0.25) is 0 Å². The van der Waals surface area contributed by atoms with Gasteiger partial charge in [0, 0.05) is 22.7 Å². The molecule has 2 N–H and O–H groups in total. The third-order valence-corrected chi connectivity index (χ3v) is 4.34. The minimum absolute atomic E-state index is 0.163. The highest BCUT2D eigenvalue weighted by molar-refractivity contribution is 6.32. The van der Waals surface area contributed by atoms with Crippen molar-refractivity contribution >= 4 is 40.3 Å². The highest BCUT2D eigenvalue weighted by Gasteiger charge is 2.29. The highest BCUT2D eigenvalue weighted by atomic mass is 16.4. The molecule has 4 rings (SSSR count). The van der Waals surface area contributed by atoms with Crippen LogP contribution >= 0.6 is 0 Å². The number of hydrogen-bond acceptors (Lipinski definition) is 3. The number of fused-ring (bicyclic) bond motifs is 1. The number of benzene rings is 2. The van der Waals surface area contributed by atoms with Gasteiger partial charge in [-0.2, -0.15) is 10.1 Å². The molecular weight excluding hydrogens is 330 g/mol. The van der Waals surface area contributed by atoms with Crippen LogP contribution in [0.5, 0.6) is 0 Å². The van der Waals surface area contributed by atoms with E-state index in [0.717, 1.165) is 16.5 Å². The lowest BCUT2D eigenvalue weighted by Gasteiger charge is -2.11. The summed E-state index contributed by atoms with van der Waals surface area (Å²) in [5.41, 5.74) is 3.74. The normalized spacial score (nSPS) is 15.7. The Hall–Kier alpha value is -3.67. The van der Waals surface area contributed by atoms with E-state index < -0.39 is 5.97 Å². The van der Waals surface area contributed by atoms with Gasteiger partial charge >= 0.3 is 5.97 Å². The fraction of sp³-hybridized carbons (Fsp3) is 0.0500. The fourth-order valence-corrected chi connectivity index (χ4v) is 2.97. The van der Waals surface area contributed by atoms with Gasteiger partial charge in [-0.15, -0.1) is 0 Å². The molecule has 2 heterocycles. The minimum atomic E-state index is -1.01. The maximum Gasteiger partial charge on any atom is 0.335 e. The SMILES string of the molecule is CC1=NN(c2ccc(C(=O)O)cc2)C(=O)/C1=C\c1c[nH]c2ccccc12. The molecule has 0 saturated heterocycles. The standard InChI is InChI=1S/C20H15N3O3/c1-12-17(10-14-11-21-18-5-3-2-4-16(14)18)19(24)23(22-12)15-8-6-13(7-9-15)20(25)26/h2-11,21H,1H3,(H,25,26)/b17-10-. The zero-order valence-electron chi connectivity index (χ0n) is 13.9. The highest BCUT2D eigenvalue weighted by Crippen LogP contribution is 2.27. The molecule has 128 valence electrons. The zero-order valence-corrected chi connectivity index (χ0v) is 13.9. The lowest BCUT2D eigenvalue weighted by molar-refractivity contribution is -0.114. The average molecular weight is 345 g/mol. The molecule has 6 nitrogen and oxygen atoms in total. The molecule has 0 unspecified atom stereocenters. The first-order valence-electron chi connectivity index (χ1n) is 8.06. The summed E-state index contributed by atoms with van der Waals surface area (Å²) in [6.45, 7) is 1.78. The van der Waals surface area contributed by atoms with Gasteiger partial charge < -0.3 is 10.1 Å². The largest absolute Gasteiger partial charge is 0.478 e. The number of hydrazone groups is 1. The molecule has 2 aromatic carbocycles. The Morgan fingerprint density at radius 2 is 1.88 bits per heavy atom. The number of H-pyrrole nitrogens is 1. The Bertz CT molecular complexity index is 1090. The Kier molecular flexibility index (Phi) is 3.65. The first-order valence-corrected chi connectivity index (χ1v) is 8.06. The maximum atomic E-state index is 12.8. The van der Waals surface area contributed by atoms with Crippen LogP contribution in [0.4, 0.5) is 5.69 Å². The summed E-state index contributed by atoms with van der Waals surface area (Å²) in [5.74, 6) is -1.25. The summed E-state index contributed by atoms with van der Waals surface area (Å²) in [5, 5.41) is 15.6. The molecular formula is C20H15N3O3. The van der Waals surface area contributed by atoms with Crippen molar-refractivity contribution < 1.29 is 14.7 Å². The molecule has 0 radical (unpaired) electrons. The maximum absolute atomic E-state index is 12.8. The van der Waals surface area contributed by atoms with Crippen molar-refractivity contribution in [3.63, 3.8) is 0 Å². The van der Waals surface area contributed by atoms with E-state index in [9.17, 15) is 9.59 Å². The van der Waals surface area contributed by atoms with Crippen molar-refractivity contribution in [3.05, 3.63) is 71.4 Å². The molecule has 0 saturated carbocycles. The second kappa shape index (κ2) is 6.00. The predicted octanol–water partition coefficient (Wildman–Crippen LogP) is 3.67. The molecule has 0 atom stereocenters. The first kappa shape index (κ1) is 15.8. The summed E-state index contributed by atoms with van der Waals surface area (Å²) >= 11 is 0. The fourth-order valence-electron chi connectivity index (χ4n) is 2.97. The molecule has 0 fully saturated rings. The summed E-state index contributed by atoms with van der Waals surface area (Å²) in [6.07, 6.45) is 3.69. The molecule has 3 aromatic rings. The molecule has 6 heteroatoms. The Morgan fingerprint density at radius 3 is 2.62 bits per heavy atom. The molecule has 26 heavy (non-hydrogen) atoms. The smallest absolute Gasteiger partial charge is 0.335 e. The van der Waals surface area contributed by atoms with Crippen LogP contribution in [0.3, 0.4) is 0 Å². The van der Waals surface area contributed by atoms with Gasteiger partial charge in [-0.25, -0.2) is 4.79 Å². The number of aromatic carboxylic acids is 1. The lowest BCUT2D eigenvalue weighted by Crippen LogP contribution is -2.21. The number of carboxylic acids is 1. The van der Waals surface area contributed by atoms with E-state index in [-0.39, 0.29) is 11.5 Å². The predicted molar refractivity (Wildman–Crippen MR) is 100 cm³/mol. The van der Waals surface area contributed by atoms with Crippen LogP contribution in [-0.2, 0) is 4.79 Å². The second-order valence-electron chi connectivity index (χ2n) is 6.00. The number of aromatic amines is 1. The van der Waals surface area contributed by atoms with E-state index in [4.69, 9.17) is 5.11 Å². The topological polar surface area (TPSA) is 85.8 Å². The van der Waals surface area contributed by atoms with Crippen LogP contribution in [0.1, 0.15) is 22.8 Å². The van der Waals surface area contributed by atoms with Gasteiger partial charge in [0.05, 0.1) is 22.5 Å². The quantitative estimate of drug-likeness (QED) is 0.710. The molecule has 1 aromatic heterocycles. The van der Waals surface area contributed by atoms with Crippen LogP contribution in [0.25, 0.3) is 17.0 Å². The summed E-state index contributed by atoms with van der Waals surface area (Å²) < 4.78 is 0. The first-order chi connectivity index (χ1) is 12.5. The van der Waals surface area contributed by atoms with Crippen LogP contribution in [0.15, 0.2) is 65.4 Å². The van der Waals surface area contributed by atoms with E-state index >= 15 is 0 Å². The second-order valence-corrected chi connectivity index (χ2v) is 6.00. The lowest BCUT2D eigenvalue weighted by atomic mass is 10.1. The number of amides is 1. The summed E-state index contributed by atoms with van der Waals surface area (Å²) in [6, 6.07) is 13.9. The van der Waals surface area contributed by atoms with Gasteiger partial charge in [0.15, 0.2) is 0 Å². The van der Waals surface area contributed by atoms with Gasteiger partial charge in [-0.3, -0.25) is 4.79 Å². The Labute approximate surface area is 149 Å². The number of anilines is 1. The van der Waals surface area contributed by atoms with E-state index in [1.165, 1.54) is 17.1 Å². The van der Waals surface area contributed by atoms with Crippen molar-refractivity contribution in [2.45, 2.75) is 6.92 Å². The monoisotopic (exact) mass is 345 g/mol. The number of carbonyl (C=O) groups excluding carboxylic acids is 1. The van der Waals surface area contributed by atoms with E-state index in [1.807, 2.05) is 36.5 Å². The number of nitrogens with zero attached hydrogens (tertiary/aromatic N) is 2. The van der Waals surface area contributed by atoms with Crippen molar-refractivity contribution in [1.29, 1.82) is 0 Å².